The highest BCUT2D eigenvalue weighted by molar-refractivity contribution is 5.83. The molecule has 1 amide bonds. The molecule has 4 aliphatic rings. The van der Waals surface area contributed by atoms with Gasteiger partial charge in [-0.1, -0.05) is 19.1 Å². The van der Waals surface area contributed by atoms with Crippen LogP contribution in [0.4, 0.5) is 0 Å². The Kier molecular flexibility index (Phi) is 6.22. The van der Waals surface area contributed by atoms with E-state index in [1.807, 2.05) is 0 Å². The second-order valence-corrected chi connectivity index (χ2v) is 9.81. The third-order valence-corrected chi connectivity index (χ3v) is 8.23. The van der Waals surface area contributed by atoms with Gasteiger partial charge in [-0.15, -0.1) is 0 Å². The summed E-state index contributed by atoms with van der Waals surface area (Å²) >= 11 is 0. The van der Waals surface area contributed by atoms with Crippen LogP contribution in [0.1, 0.15) is 43.7 Å². The van der Waals surface area contributed by atoms with Crippen LogP contribution in [-0.4, -0.2) is 74.3 Å². The molecule has 6 nitrogen and oxygen atoms in total. The molecule has 170 valence electrons. The molecule has 3 atom stereocenters. The average molecular weight is 428 g/mol. The van der Waals surface area contributed by atoms with Crippen molar-refractivity contribution in [3.8, 4) is 5.75 Å². The second-order valence-electron chi connectivity index (χ2n) is 9.81. The molecule has 6 heteroatoms. The number of fused-ring (bicyclic) bond motifs is 2. The molecular formula is C25H37N3O3. The fourth-order valence-electron chi connectivity index (χ4n) is 6.34. The number of carbonyl (C=O) groups excluding carboxylic acids is 1. The highest BCUT2D eigenvalue weighted by Crippen LogP contribution is 2.48. The van der Waals surface area contributed by atoms with Crippen LogP contribution in [0.2, 0.25) is 0 Å². The van der Waals surface area contributed by atoms with Gasteiger partial charge in [-0.25, -0.2) is 0 Å². The molecule has 3 heterocycles. The van der Waals surface area contributed by atoms with E-state index in [1.54, 1.807) is 0 Å². The quantitative estimate of drug-likeness (QED) is 0.782. The zero-order valence-corrected chi connectivity index (χ0v) is 18.9. The molecule has 1 aromatic carbocycles. The van der Waals surface area contributed by atoms with Gasteiger partial charge in [0.15, 0.2) is 0 Å². The summed E-state index contributed by atoms with van der Waals surface area (Å²) in [5.74, 6) is 1.75. The van der Waals surface area contributed by atoms with Crippen LogP contribution in [0, 0.1) is 11.3 Å². The molecule has 0 radical (unpaired) electrons. The van der Waals surface area contributed by atoms with E-state index in [-0.39, 0.29) is 11.3 Å². The van der Waals surface area contributed by atoms with Gasteiger partial charge in [-0.05, 0) is 61.9 Å². The summed E-state index contributed by atoms with van der Waals surface area (Å²) in [7, 11) is 0. The summed E-state index contributed by atoms with van der Waals surface area (Å²) in [6.07, 6.45) is 5.38. The summed E-state index contributed by atoms with van der Waals surface area (Å²) in [6.45, 7) is 10.4. The number of carbonyl (C=O) groups is 1. The molecule has 5 rings (SSSR count). The maximum Gasteiger partial charge on any atom is 0.228 e. The Bertz CT molecular complexity index is 794. The first kappa shape index (κ1) is 21.2. The van der Waals surface area contributed by atoms with Crippen LogP contribution < -0.4 is 10.1 Å². The Morgan fingerprint density at radius 3 is 2.90 bits per heavy atom. The fourth-order valence-corrected chi connectivity index (χ4v) is 6.34. The van der Waals surface area contributed by atoms with Crippen LogP contribution in [0.25, 0.3) is 0 Å². The normalized spacial score (nSPS) is 31.5. The van der Waals surface area contributed by atoms with Crippen molar-refractivity contribution in [1.82, 2.24) is 15.1 Å². The summed E-state index contributed by atoms with van der Waals surface area (Å²) in [5.41, 5.74) is 2.20. The van der Waals surface area contributed by atoms with Gasteiger partial charge in [0.05, 0.1) is 25.2 Å². The number of morpholine rings is 1. The van der Waals surface area contributed by atoms with Crippen LogP contribution in [-0.2, 0) is 22.5 Å². The molecule has 1 N–H and O–H groups in total. The number of hydrogen-bond donors (Lipinski definition) is 1. The van der Waals surface area contributed by atoms with Crippen molar-refractivity contribution in [2.24, 2.45) is 11.3 Å². The Morgan fingerprint density at radius 1 is 1.19 bits per heavy atom. The third kappa shape index (κ3) is 4.22. The number of likely N-dealkylation sites (tertiary alicyclic amines) is 1. The lowest BCUT2D eigenvalue weighted by atomic mass is 9.61. The van der Waals surface area contributed by atoms with Crippen molar-refractivity contribution in [3.63, 3.8) is 0 Å². The van der Waals surface area contributed by atoms with Crippen molar-refractivity contribution in [2.75, 3.05) is 52.5 Å². The van der Waals surface area contributed by atoms with Crippen LogP contribution in [0.5, 0.6) is 5.75 Å². The molecule has 0 spiro atoms. The van der Waals surface area contributed by atoms with Gasteiger partial charge in [0, 0.05) is 38.6 Å². The standard InChI is InChI=1S/C25H37N3O3/c1-2-27-9-6-21-16-22(28-10-13-30-14-11-28)5-8-25(21,18-27)24(29)26-17-19-3-4-23-20(15-19)7-12-31-23/h3-4,15,21-22H,2,5-14,16-18H2,1H3,(H,26,29)/t21-,22+,25-/m1/s1. The number of piperidine rings is 1. The molecule has 3 fully saturated rings. The number of benzene rings is 1. The van der Waals surface area contributed by atoms with Crippen molar-refractivity contribution in [2.45, 2.75) is 51.6 Å². The lowest BCUT2D eigenvalue weighted by Crippen LogP contribution is -2.60. The van der Waals surface area contributed by atoms with E-state index in [0.29, 0.717) is 18.5 Å². The zero-order valence-electron chi connectivity index (χ0n) is 18.9. The van der Waals surface area contributed by atoms with E-state index >= 15 is 0 Å². The van der Waals surface area contributed by atoms with E-state index in [1.165, 1.54) is 11.1 Å². The Labute approximate surface area is 186 Å². The zero-order chi connectivity index (χ0) is 21.3. The largest absolute Gasteiger partial charge is 0.493 e. The Morgan fingerprint density at radius 2 is 2.06 bits per heavy atom. The van der Waals surface area contributed by atoms with Crippen molar-refractivity contribution in [1.29, 1.82) is 0 Å². The predicted molar refractivity (Wildman–Crippen MR) is 120 cm³/mol. The van der Waals surface area contributed by atoms with E-state index in [4.69, 9.17) is 9.47 Å². The lowest BCUT2D eigenvalue weighted by molar-refractivity contribution is -0.145. The minimum atomic E-state index is -0.239. The van der Waals surface area contributed by atoms with Gasteiger partial charge < -0.3 is 19.7 Å². The Balaban J connectivity index is 1.28. The number of nitrogens with zero attached hydrogens (tertiary/aromatic N) is 2. The monoisotopic (exact) mass is 427 g/mol. The van der Waals surface area contributed by atoms with Crippen molar-refractivity contribution >= 4 is 5.91 Å². The smallest absolute Gasteiger partial charge is 0.228 e. The lowest BCUT2D eigenvalue weighted by Gasteiger charge is -2.53. The molecule has 0 bridgehead atoms. The fraction of sp³-hybridized carbons (Fsp3) is 0.720. The highest BCUT2D eigenvalue weighted by atomic mass is 16.5. The van der Waals surface area contributed by atoms with Gasteiger partial charge >= 0.3 is 0 Å². The van der Waals surface area contributed by atoms with Crippen LogP contribution in [0.15, 0.2) is 18.2 Å². The van der Waals surface area contributed by atoms with Crippen LogP contribution >= 0.6 is 0 Å². The van der Waals surface area contributed by atoms with E-state index < -0.39 is 0 Å². The summed E-state index contributed by atoms with van der Waals surface area (Å²) in [6, 6.07) is 6.96. The molecule has 2 saturated heterocycles. The summed E-state index contributed by atoms with van der Waals surface area (Å²) in [4.78, 5) is 18.8. The van der Waals surface area contributed by atoms with Crippen LogP contribution in [0.3, 0.4) is 0 Å². The van der Waals surface area contributed by atoms with E-state index in [9.17, 15) is 4.79 Å². The van der Waals surface area contributed by atoms with Gasteiger partial charge in [0.1, 0.15) is 5.75 Å². The SMILES string of the molecule is CCN1CC[C@@H]2C[C@@H](N3CCOCC3)CC[C@@]2(C(=O)NCc2ccc3c(c2)CCO3)C1. The van der Waals surface area contributed by atoms with Gasteiger partial charge in [0.25, 0.3) is 0 Å². The number of ether oxygens (including phenoxy) is 2. The third-order valence-electron chi connectivity index (χ3n) is 8.23. The summed E-state index contributed by atoms with van der Waals surface area (Å²) < 4.78 is 11.2. The number of rotatable bonds is 5. The van der Waals surface area contributed by atoms with E-state index in [0.717, 1.165) is 90.4 Å². The maximum absolute atomic E-state index is 13.7. The minimum Gasteiger partial charge on any atom is -0.493 e. The second kappa shape index (κ2) is 9.08. The Hall–Kier alpha value is -1.63. The first-order chi connectivity index (χ1) is 15.2. The first-order valence-electron chi connectivity index (χ1n) is 12.2. The van der Waals surface area contributed by atoms with Gasteiger partial charge in [-0.2, -0.15) is 0 Å². The first-order valence-corrected chi connectivity index (χ1v) is 12.2. The number of amides is 1. The molecule has 0 aromatic heterocycles. The molecule has 1 aliphatic carbocycles. The van der Waals surface area contributed by atoms with Gasteiger partial charge in [-0.3, -0.25) is 9.69 Å². The molecule has 31 heavy (non-hydrogen) atoms. The topological polar surface area (TPSA) is 54.0 Å². The van der Waals surface area contributed by atoms with Crippen molar-refractivity contribution in [3.05, 3.63) is 29.3 Å². The average Bonchev–Trinajstić information content (AvgIpc) is 3.30. The van der Waals surface area contributed by atoms with Crippen molar-refractivity contribution < 1.29 is 14.3 Å². The molecule has 1 saturated carbocycles. The molecule has 3 aliphatic heterocycles. The number of hydrogen-bond acceptors (Lipinski definition) is 5. The number of nitrogens with one attached hydrogen (secondary N) is 1. The molecule has 1 aromatic rings. The summed E-state index contributed by atoms with van der Waals surface area (Å²) in [5, 5.41) is 3.35. The van der Waals surface area contributed by atoms with Gasteiger partial charge in [0.2, 0.25) is 5.91 Å². The van der Waals surface area contributed by atoms with E-state index in [2.05, 4.69) is 40.2 Å². The highest BCUT2D eigenvalue weighted by Gasteiger charge is 2.52. The predicted octanol–water partition coefficient (Wildman–Crippen LogP) is 2.45. The minimum absolute atomic E-state index is 0.239. The molecular weight excluding hydrogens is 390 g/mol. The maximum atomic E-state index is 13.7. The molecule has 0 unspecified atom stereocenters.